The van der Waals surface area contributed by atoms with Crippen LogP contribution in [0.3, 0.4) is 0 Å². The standard InChI is InChI=1S/C21H21ClN2O4S2/c1-15-4-2-5-17(12-15)24-30(26,27)20-13-16(7-8-19(20)22)21(25)23-9-11-29-14-18-6-3-10-28-18/h2-8,10,12-13,24H,9,11,14H2,1H3,(H,23,25). The topological polar surface area (TPSA) is 88.4 Å². The second kappa shape index (κ2) is 10.1. The molecule has 0 unspecified atom stereocenters. The predicted octanol–water partition coefficient (Wildman–Crippen LogP) is 4.71. The van der Waals surface area contributed by atoms with Gasteiger partial charge in [-0.3, -0.25) is 9.52 Å². The van der Waals surface area contributed by atoms with Crippen LogP contribution in [-0.2, 0) is 15.8 Å². The summed E-state index contributed by atoms with van der Waals surface area (Å²) in [6.07, 6.45) is 1.62. The van der Waals surface area contributed by atoms with Gasteiger partial charge in [0.2, 0.25) is 0 Å². The fourth-order valence-corrected chi connectivity index (χ4v) is 5.01. The molecule has 3 rings (SSSR count). The van der Waals surface area contributed by atoms with Crippen LogP contribution in [0.5, 0.6) is 0 Å². The first-order chi connectivity index (χ1) is 14.3. The number of nitrogens with one attached hydrogen (secondary N) is 2. The van der Waals surface area contributed by atoms with Gasteiger partial charge in [-0.1, -0.05) is 23.7 Å². The van der Waals surface area contributed by atoms with E-state index in [1.165, 1.54) is 18.2 Å². The third kappa shape index (κ3) is 6.04. The summed E-state index contributed by atoms with van der Waals surface area (Å²) in [7, 11) is -3.95. The van der Waals surface area contributed by atoms with Crippen molar-refractivity contribution in [3.05, 3.63) is 82.8 Å². The number of benzene rings is 2. The molecule has 3 aromatic rings. The summed E-state index contributed by atoms with van der Waals surface area (Å²) in [6, 6.07) is 14.9. The minimum Gasteiger partial charge on any atom is -0.468 e. The minimum atomic E-state index is -3.95. The maximum atomic E-state index is 12.8. The lowest BCUT2D eigenvalue weighted by atomic mass is 10.2. The molecular formula is C21H21ClN2O4S2. The van der Waals surface area contributed by atoms with Crippen molar-refractivity contribution >= 4 is 45.0 Å². The number of rotatable bonds is 9. The van der Waals surface area contributed by atoms with E-state index in [2.05, 4.69) is 10.0 Å². The average molecular weight is 465 g/mol. The van der Waals surface area contributed by atoms with Gasteiger partial charge in [-0.15, -0.1) is 0 Å². The third-order valence-corrected chi connectivity index (χ3v) is 6.95. The highest BCUT2D eigenvalue weighted by Gasteiger charge is 2.20. The molecule has 0 aliphatic carbocycles. The Balaban J connectivity index is 1.62. The number of sulfonamides is 1. The lowest BCUT2D eigenvalue weighted by Crippen LogP contribution is -2.26. The number of hydrogen-bond donors (Lipinski definition) is 2. The maximum absolute atomic E-state index is 12.8. The summed E-state index contributed by atoms with van der Waals surface area (Å²) >= 11 is 7.74. The van der Waals surface area contributed by atoms with Gasteiger partial charge in [-0.2, -0.15) is 11.8 Å². The molecule has 0 radical (unpaired) electrons. The molecule has 0 aliphatic heterocycles. The molecule has 9 heteroatoms. The molecule has 1 amide bonds. The predicted molar refractivity (Wildman–Crippen MR) is 121 cm³/mol. The van der Waals surface area contributed by atoms with E-state index in [9.17, 15) is 13.2 Å². The Labute approximate surface area is 185 Å². The van der Waals surface area contributed by atoms with Gasteiger partial charge in [-0.25, -0.2) is 8.42 Å². The second-order valence-electron chi connectivity index (χ2n) is 6.51. The lowest BCUT2D eigenvalue weighted by molar-refractivity contribution is 0.0956. The molecule has 2 N–H and O–H groups in total. The molecule has 158 valence electrons. The summed E-state index contributed by atoms with van der Waals surface area (Å²) in [5.74, 6) is 1.92. The van der Waals surface area contributed by atoms with Crippen molar-refractivity contribution in [1.82, 2.24) is 5.32 Å². The Bertz CT molecular complexity index is 1120. The minimum absolute atomic E-state index is 0.0423. The van der Waals surface area contributed by atoms with Crippen LogP contribution in [0.4, 0.5) is 5.69 Å². The molecule has 30 heavy (non-hydrogen) atoms. The Morgan fingerprint density at radius 2 is 1.97 bits per heavy atom. The summed E-state index contributed by atoms with van der Waals surface area (Å²) in [5.41, 5.74) is 1.56. The quantitative estimate of drug-likeness (QED) is 0.448. The number of amides is 1. The number of furan rings is 1. The highest BCUT2D eigenvalue weighted by molar-refractivity contribution is 7.98. The number of halogens is 1. The summed E-state index contributed by atoms with van der Waals surface area (Å²) in [6.45, 7) is 2.30. The van der Waals surface area contributed by atoms with Gasteiger partial charge >= 0.3 is 0 Å². The van der Waals surface area contributed by atoms with E-state index in [1.807, 2.05) is 25.1 Å². The normalized spacial score (nSPS) is 11.3. The van der Waals surface area contributed by atoms with Crippen molar-refractivity contribution in [2.45, 2.75) is 17.6 Å². The largest absolute Gasteiger partial charge is 0.468 e. The fourth-order valence-electron chi connectivity index (χ4n) is 2.68. The van der Waals surface area contributed by atoms with E-state index in [-0.39, 0.29) is 21.4 Å². The Morgan fingerprint density at radius 1 is 1.13 bits per heavy atom. The molecule has 1 aromatic heterocycles. The van der Waals surface area contributed by atoms with Crippen LogP contribution in [0.2, 0.25) is 5.02 Å². The average Bonchev–Trinajstić information content (AvgIpc) is 3.21. The first-order valence-corrected chi connectivity index (χ1v) is 12.1. The van der Waals surface area contributed by atoms with E-state index in [0.717, 1.165) is 17.1 Å². The van der Waals surface area contributed by atoms with E-state index in [1.54, 1.807) is 36.2 Å². The first kappa shape index (κ1) is 22.3. The van der Waals surface area contributed by atoms with Crippen LogP contribution in [0.15, 0.2) is 70.2 Å². The van der Waals surface area contributed by atoms with Gasteiger partial charge in [0.05, 0.1) is 17.0 Å². The summed E-state index contributed by atoms with van der Waals surface area (Å²) in [4.78, 5) is 12.3. The molecular weight excluding hydrogens is 444 g/mol. The van der Waals surface area contributed by atoms with Crippen LogP contribution < -0.4 is 10.0 Å². The maximum Gasteiger partial charge on any atom is 0.263 e. The summed E-state index contributed by atoms with van der Waals surface area (Å²) < 4.78 is 33.3. The second-order valence-corrected chi connectivity index (χ2v) is 9.67. The van der Waals surface area contributed by atoms with Crippen molar-refractivity contribution in [3.8, 4) is 0 Å². The lowest BCUT2D eigenvalue weighted by Gasteiger charge is -2.12. The van der Waals surface area contributed by atoms with Crippen molar-refractivity contribution in [3.63, 3.8) is 0 Å². The molecule has 1 heterocycles. The molecule has 0 saturated heterocycles. The van der Waals surface area contributed by atoms with Crippen LogP contribution >= 0.6 is 23.4 Å². The third-order valence-electron chi connectivity index (χ3n) is 4.11. The summed E-state index contributed by atoms with van der Waals surface area (Å²) in [5, 5.41) is 2.83. The SMILES string of the molecule is Cc1cccc(NS(=O)(=O)c2cc(C(=O)NCCSCc3ccco3)ccc2Cl)c1. The van der Waals surface area contributed by atoms with Crippen molar-refractivity contribution in [2.24, 2.45) is 0 Å². The van der Waals surface area contributed by atoms with Crippen molar-refractivity contribution < 1.29 is 17.6 Å². The van der Waals surface area contributed by atoms with Crippen LogP contribution in [0, 0.1) is 6.92 Å². The van der Waals surface area contributed by atoms with Crippen LogP contribution in [-0.4, -0.2) is 26.6 Å². The van der Waals surface area contributed by atoms with Crippen molar-refractivity contribution in [2.75, 3.05) is 17.0 Å². The number of anilines is 1. The zero-order chi connectivity index (χ0) is 21.6. The van der Waals surface area contributed by atoms with E-state index >= 15 is 0 Å². The van der Waals surface area contributed by atoms with Crippen LogP contribution in [0.1, 0.15) is 21.7 Å². The molecule has 0 spiro atoms. The number of carbonyl (C=O) groups is 1. The number of thioether (sulfide) groups is 1. The zero-order valence-electron chi connectivity index (χ0n) is 16.2. The molecule has 0 aliphatic rings. The zero-order valence-corrected chi connectivity index (χ0v) is 18.6. The van der Waals surface area contributed by atoms with Crippen molar-refractivity contribution in [1.29, 1.82) is 0 Å². The molecule has 0 bridgehead atoms. The van der Waals surface area contributed by atoms with E-state index < -0.39 is 10.0 Å². The molecule has 0 fully saturated rings. The van der Waals surface area contributed by atoms with Gasteiger partial charge in [0.1, 0.15) is 10.7 Å². The fraction of sp³-hybridized carbons (Fsp3) is 0.190. The highest BCUT2D eigenvalue weighted by atomic mass is 35.5. The molecule has 0 saturated carbocycles. The Morgan fingerprint density at radius 3 is 2.70 bits per heavy atom. The molecule has 0 atom stereocenters. The molecule has 2 aromatic carbocycles. The van der Waals surface area contributed by atoms with Gasteiger partial charge in [0.15, 0.2) is 0 Å². The Hall–Kier alpha value is -2.42. The van der Waals surface area contributed by atoms with Gasteiger partial charge in [-0.05, 0) is 55.0 Å². The van der Waals surface area contributed by atoms with E-state index in [0.29, 0.717) is 18.0 Å². The molecule has 6 nitrogen and oxygen atoms in total. The van der Waals surface area contributed by atoms with Gasteiger partial charge in [0, 0.05) is 23.5 Å². The number of aryl methyl sites for hydroxylation is 1. The smallest absolute Gasteiger partial charge is 0.263 e. The monoisotopic (exact) mass is 464 g/mol. The number of hydrogen-bond acceptors (Lipinski definition) is 5. The van der Waals surface area contributed by atoms with E-state index in [4.69, 9.17) is 16.0 Å². The Kier molecular flexibility index (Phi) is 7.47. The first-order valence-electron chi connectivity index (χ1n) is 9.12. The van der Waals surface area contributed by atoms with Crippen LogP contribution in [0.25, 0.3) is 0 Å². The number of carbonyl (C=O) groups excluding carboxylic acids is 1. The van der Waals surface area contributed by atoms with Gasteiger partial charge < -0.3 is 9.73 Å². The van der Waals surface area contributed by atoms with Gasteiger partial charge in [0.25, 0.3) is 15.9 Å². The highest BCUT2D eigenvalue weighted by Crippen LogP contribution is 2.25.